The van der Waals surface area contributed by atoms with Crippen LogP contribution < -0.4 is 0 Å². The number of benzene rings is 1. The van der Waals surface area contributed by atoms with Crippen molar-refractivity contribution in [3.8, 4) is 0 Å². The summed E-state index contributed by atoms with van der Waals surface area (Å²) in [5, 5.41) is 1.09. The molecule has 1 unspecified atom stereocenters. The Balaban J connectivity index is 1.80. The van der Waals surface area contributed by atoms with Gasteiger partial charge in [0.1, 0.15) is 5.58 Å². The Bertz CT molecular complexity index is 761. The van der Waals surface area contributed by atoms with Gasteiger partial charge in [0.15, 0.2) is 0 Å². The number of rotatable bonds is 4. The molecule has 0 saturated carbocycles. The first-order valence-corrected chi connectivity index (χ1v) is 9.31. The summed E-state index contributed by atoms with van der Waals surface area (Å²) in [4.78, 5) is 17.1. The van der Waals surface area contributed by atoms with Gasteiger partial charge in [0.2, 0.25) is 5.91 Å². The third kappa shape index (κ3) is 3.74. The van der Waals surface area contributed by atoms with Gasteiger partial charge in [0.25, 0.3) is 0 Å². The van der Waals surface area contributed by atoms with Crippen molar-refractivity contribution in [1.29, 1.82) is 0 Å². The lowest BCUT2D eigenvalue weighted by Gasteiger charge is -2.36. The molecule has 1 saturated heterocycles. The lowest BCUT2D eigenvalue weighted by molar-refractivity contribution is -0.132. The number of piperidine rings is 1. The van der Waals surface area contributed by atoms with Gasteiger partial charge in [0.05, 0.1) is 12.7 Å². The van der Waals surface area contributed by atoms with Crippen molar-refractivity contribution in [1.82, 2.24) is 9.80 Å². The maximum Gasteiger partial charge on any atom is 0.227 e. The van der Waals surface area contributed by atoms with Crippen LogP contribution in [0.4, 0.5) is 0 Å². The molecular formula is C21H30N2O2. The van der Waals surface area contributed by atoms with Crippen LogP contribution in [0.3, 0.4) is 0 Å². The van der Waals surface area contributed by atoms with E-state index in [2.05, 4.69) is 51.9 Å². The summed E-state index contributed by atoms with van der Waals surface area (Å²) >= 11 is 0. The van der Waals surface area contributed by atoms with Gasteiger partial charge in [-0.3, -0.25) is 4.79 Å². The third-order valence-corrected chi connectivity index (χ3v) is 5.49. The van der Waals surface area contributed by atoms with Crippen molar-refractivity contribution in [3.05, 3.63) is 35.1 Å². The van der Waals surface area contributed by atoms with E-state index < -0.39 is 0 Å². The van der Waals surface area contributed by atoms with E-state index in [9.17, 15) is 4.79 Å². The molecule has 1 aliphatic heterocycles. The van der Waals surface area contributed by atoms with Gasteiger partial charge >= 0.3 is 0 Å². The van der Waals surface area contributed by atoms with E-state index in [-0.39, 0.29) is 5.91 Å². The molecule has 2 heterocycles. The quantitative estimate of drug-likeness (QED) is 0.844. The van der Waals surface area contributed by atoms with E-state index in [4.69, 9.17) is 4.42 Å². The first-order chi connectivity index (χ1) is 11.9. The van der Waals surface area contributed by atoms with Gasteiger partial charge in [-0.2, -0.15) is 0 Å². The van der Waals surface area contributed by atoms with E-state index in [1.54, 1.807) is 6.26 Å². The summed E-state index contributed by atoms with van der Waals surface area (Å²) in [6.45, 7) is 8.23. The van der Waals surface area contributed by atoms with Gasteiger partial charge in [-0.05, 0) is 63.0 Å². The molecule has 0 radical (unpaired) electrons. The maximum absolute atomic E-state index is 12.8. The van der Waals surface area contributed by atoms with Crippen molar-refractivity contribution in [3.63, 3.8) is 0 Å². The molecular weight excluding hydrogens is 312 g/mol. The van der Waals surface area contributed by atoms with Crippen molar-refractivity contribution in [2.45, 2.75) is 52.0 Å². The lowest BCUT2D eigenvalue weighted by Crippen LogP contribution is -2.47. The van der Waals surface area contributed by atoms with Crippen molar-refractivity contribution in [2.24, 2.45) is 0 Å². The van der Waals surface area contributed by atoms with Crippen LogP contribution in [-0.4, -0.2) is 48.9 Å². The Morgan fingerprint density at radius 3 is 2.80 bits per heavy atom. The van der Waals surface area contributed by atoms with Gasteiger partial charge < -0.3 is 14.2 Å². The smallest absolute Gasteiger partial charge is 0.227 e. The number of furan rings is 1. The van der Waals surface area contributed by atoms with Crippen molar-refractivity contribution < 1.29 is 9.21 Å². The minimum atomic E-state index is 0.209. The normalized spacial score (nSPS) is 18.5. The SMILES string of the molecule is Cc1cc2occ(CC(=O)N3CCCC(N(C)C)C3)c2cc1C(C)C. The predicted octanol–water partition coefficient (Wildman–Crippen LogP) is 3.96. The highest BCUT2D eigenvalue weighted by Gasteiger charge is 2.25. The second kappa shape index (κ2) is 7.20. The molecule has 4 nitrogen and oxygen atoms in total. The number of likely N-dealkylation sites (N-methyl/N-ethyl adjacent to an activating group) is 1. The van der Waals surface area contributed by atoms with E-state index in [0.717, 1.165) is 36.0 Å². The summed E-state index contributed by atoms with van der Waals surface area (Å²) in [6, 6.07) is 4.77. The number of carbonyl (C=O) groups excluding carboxylic acids is 1. The molecule has 136 valence electrons. The van der Waals surface area contributed by atoms with E-state index in [0.29, 0.717) is 18.4 Å². The number of hydrogen-bond donors (Lipinski definition) is 0. The fourth-order valence-electron chi connectivity index (χ4n) is 3.88. The van der Waals surface area contributed by atoms with Gasteiger partial charge in [-0.15, -0.1) is 0 Å². The number of fused-ring (bicyclic) bond motifs is 1. The average Bonchev–Trinajstić information content (AvgIpc) is 2.95. The molecule has 1 aromatic carbocycles. The monoisotopic (exact) mass is 342 g/mol. The van der Waals surface area contributed by atoms with Crippen molar-refractivity contribution >= 4 is 16.9 Å². The minimum absolute atomic E-state index is 0.209. The number of aryl methyl sites for hydroxylation is 1. The number of nitrogens with zero attached hydrogens (tertiary/aromatic N) is 2. The number of hydrogen-bond acceptors (Lipinski definition) is 3. The summed E-state index contributed by atoms with van der Waals surface area (Å²) < 4.78 is 5.73. The van der Waals surface area contributed by atoms with Gasteiger partial charge in [-0.25, -0.2) is 0 Å². The second-order valence-corrected chi connectivity index (χ2v) is 7.90. The van der Waals surface area contributed by atoms with E-state index in [1.165, 1.54) is 17.5 Å². The van der Waals surface area contributed by atoms with Crippen LogP contribution in [0.25, 0.3) is 11.0 Å². The van der Waals surface area contributed by atoms with E-state index in [1.807, 2.05) is 4.90 Å². The van der Waals surface area contributed by atoms with Crippen LogP contribution in [0.15, 0.2) is 22.8 Å². The molecule has 0 bridgehead atoms. The summed E-state index contributed by atoms with van der Waals surface area (Å²) in [5.74, 6) is 0.673. The summed E-state index contributed by atoms with van der Waals surface area (Å²) in [6.07, 6.45) is 4.44. The van der Waals surface area contributed by atoms with Crippen LogP contribution in [0, 0.1) is 6.92 Å². The topological polar surface area (TPSA) is 36.7 Å². The van der Waals surface area contributed by atoms with Crippen LogP contribution in [0.2, 0.25) is 0 Å². The lowest BCUT2D eigenvalue weighted by atomic mass is 9.95. The third-order valence-electron chi connectivity index (χ3n) is 5.49. The zero-order valence-corrected chi connectivity index (χ0v) is 16.1. The molecule has 1 aromatic heterocycles. The average molecular weight is 342 g/mol. The molecule has 0 aliphatic carbocycles. The molecule has 0 N–H and O–H groups in total. The first kappa shape index (κ1) is 18.0. The van der Waals surface area contributed by atoms with Crippen LogP contribution in [0.5, 0.6) is 0 Å². The molecule has 0 spiro atoms. The highest BCUT2D eigenvalue weighted by atomic mass is 16.3. The van der Waals surface area contributed by atoms with Gasteiger partial charge in [0, 0.05) is 30.1 Å². The van der Waals surface area contributed by atoms with Crippen LogP contribution in [-0.2, 0) is 11.2 Å². The summed E-state index contributed by atoms with van der Waals surface area (Å²) in [7, 11) is 4.19. The molecule has 1 atom stereocenters. The molecule has 4 heteroatoms. The van der Waals surface area contributed by atoms with Gasteiger partial charge in [-0.1, -0.05) is 13.8 Å². The Labute approximate surface area is 150 Å². The fourth-order valence-corrected chi connectivity index (χ4v) is 3.88. The highest BCUT2D eigenvalue weighted by molar-refractivity contribution is 5.88. The zero-order chi connectivity index (χ0) is 18.1. The second-order valence-electron chi connectivity index (χ2n) is 7.90. The predicted molar refractivity (Wildman–Crippen MR) is 102 cm³/mol. The maximum atomic E-state index is 12.8. The summed E-state index contributed by atoms with van der Waals surface area (Å²) in [5.41, 5.74) is 4.47. The number of likely N-dealkylation sites (tertiary alicyclic amines) is 1. The Morgan fingerprint density at radius 1 is 1.36 bits per heavy atom. The molecule has 3 rings (SSSR count). The molecule has 1 aliphatic rings. The highest BCUT2D eigenvalue weighted by Crippen LogP contribution is 2.29. The largest absolute Gasteiger partial charge is 0.464 e. The fraction of sp³-hybridized carbons (Fsp3) is 0.571. The minimum Gasteiger partial charge on any atom is -0.464 e. The standard InChI is InChI=1S/C21H30N2O2/c1-14(2)18-11-19-16(13-25-20(19)9-15(18)3)10-21(24)23-8-6-7-17(12-23)22(4)5/h9,11,13-14,17H,6-8,10,12H2,1-5H3. The Kier molecular flexibility index (Phi) is 5.19. The first-order valence-electron chi connectivity index (χ1n) is 9.31. The molecule has 1 fully saturated rings. The van der Waals surface area contributed by atoms with Crippen LogP contribution >= 0.6 is 0 Å². The van der Waals surface area contributed by atoms with E-state index >= 15 is 0 Å². The molecule has 25 heavy (non-hydrogen) atoms. The number of amides is 1. The van der Waals surface area contributed by atoms with Crippen LogP contribution in [0.1, 0.15) is 49.3 Å². The molecule has 1 amide bonds. The zero-order valence-electron chi connectivity index (χ0n) is 16.1. The Hall–Kier alpha value is -1.81. The number of carbonyl (C=O) groups is 1. The van der Waals surface area contributed by atoms with Crippen molar-refractivity contribution in [2.75, 3.05) is 27.2 Å². The molecule has 2 aromatic rings. The Morgan fingerprint density at radius 2 is 2.12 bits per heavy atom.